The molecule has 0 heterocycles. The highest BCUT2D eigenvalue weighted by Crippen LogP contribution is 2.19. The third-order valence-electron chi connectivity index (χ3n) is 16.0. The fourth-order valence-corrected chi connectivity index (χ4v) is 10.6. The normalized spacial score (nSPS) is 12.5. The van der Waals surface area contributed by atoms with Gasteiger partial charge in [-0.2, -0.15) is 0 Å². The molecule has 0 aromatic heterocycles. The average Bonchev–Trinajstić information content (AvgIpc) is 3.47. The maximum Gasteiger partial charge on any atom is 0.306 e. The molecule has 0 bridgehead atoms. The van der Waals surface area contributed by atoms with Crippen molar-refractivity contribution in [2.45, 2.75) is 380 Å². The lowest BCUT2D eigenvalue weighted by Crippen LogP contribution is -2.30. The van der Waals surface area contributed by atoms with Crippen LogP contribution in [-0.4, -0.2) is 37.2 Å². The number of hydrogen-bond acceptors (Lipinski definition) is 6. The summed E-state index contributed by atoms with van der Waals surface area (Å²) in [6, 6.07) is 0. The fraction of sp³-hybridized carbons (Fsp3) is 0.803. The molecule has 0 N–H and O–H groups in total. The number of hydrogen-bond donors (Lipinski definition) is 0. The minimum Gasteiger partial charge on any atom is -0.462 e. The summed E-state index contributed by atoms with van der Waals surface area (Å²) in [5.41, 5.74) is 0. The molecule has 6 nitrogen and oxygen atoms in total. The van der Waals surface area contributed by atoms with Gasteiger partial charge in [-0.05, 0) is 77.0 Å². The monoisotopic (exact) mass is 1150 g/mol. The van der Waals surface area contributed by atoms with E-state index in [1.807, 2.05) is 6.08 Å². The molecule has 0 radical (unpaired) electrons. The van der Waals surface area contributed by atoms with Gasteiger partial charge in [-0.25, -0.2) is 0 Å². The van der Waals surface area contributed by atoms with Gasteiger partial charge < -0.3 is 14.2 Å². The maximum absolute atomic E-state index is 12.9. The zero-order valence-corrected chi connectivity index (χ0v) is 54.8. The smallest absolute Gasteiger partial charge is 0.306 e. The van der Waals surface area contributed by atoms with Crippen LogP contribution in [0.3, 0.4) is 0 Å². The van der Waals surface area contributed by atoms with Crippen LogP contribution in [0.5, 0.6) is 0 Å². The molecule has 0 aromatic rings. The first kappa shape index (κ1) is 78.8. The molecule has 0 aliphatic rings. The van der Waals surface area contributed by atoms with Crippen LogP contribution in [0.4, 0.5) is 0 Å². The highest BCUT2D eigenvalue weighted by molar-refractivity contribution is 5.71. The second kappa shape index (κ2) is 70.3. The Balaban J connectivity index is 4.10. The first-order valence-corrected chi connectivity index (χ1v) is 35.9. The van der Waals surface area contributed by atoms with Crippen molar-refractivity contribution < 1.29 is 28.6 Å². The number of carbonyl (C=O) groups is 3. The molecule has 0 amide bonds. The van der Waals surface area contributed by atoms with Gasteiger partial charge in [-0.1, -0.05) is 351 Å². The quantitative estimate of drug-likeness (QED) is 0.0261. The number of carbonyl (C=O) groups excluding carboxylic acids is 3. The molecule has 0 saturated heterocycles. The SMILES string of the molecule is CC/C=C\C/C=C\C/C=C\C/C=C\CCC(=O)OCC(COC(=O)CCCCCCCCCCCCCCCCCCCCCCCCCCCCCCCCCCCCC)OC(=O)CCCCCCC/C=C\C/C=C\CCCCCC. The summed E-state index contributed by atoms with van der Waals surface area (Å²) in [4.78, 5) is 38.3. The molecule has 1 unspecified atom stereocenters. The first-order valence-electron chi connectivity index (χ1n) is 35.9. The topological polar surface area (TPSA) is 78.9 Å². The fourth-order valence-electron chi connectivity index (χ4n) is 10.6. The van der Waals surface area contributed by atoms with Gasteiger partial charge in [0.2, 0.25) is 0 Å². The van der Waals surface area contributed by atoms with Crippen LogP contribution >= 0.6 is 0 Å². The summed E-state index contributed by atoms with van der Waals surface area (Å²) in [5, 5.41) is 0. The highest BCUT2D eigenvalue weighted by atomic mass is 16.6. The van der Waals surface area contributed by atoms with E-state index in [9.17, 15) is 14.4 Å². The molecular weight excluding hydrogens is 1010 g/mol. The number of ether oxygens (including phenoxy) is 3. The first-order chi connectivity index (χ1) is 40.5. The lowest BCUT2D eigenvalue weighted by molar-refractivity contribution is -0.166. The minimum absolute atomic E-state index is 0.101. The van der Waals surface area contributed by atoms with Crippen molar-refractivity contribution in [2.24, 2.45) is 0 Å². The summed E-state index contributed by atoms with van der Waals surface area (Å²) in [7, 11) is 0. The molecule has 0 aromatic carbocycles. The van der Waals surface area contributed by atoms with Crippen LogP contribution in [0.1, 0.15) is 374 Å². The van der Waals surface area contributed by atoms with E-state index in [4.69, 9.17) is 14.2 Å². The van der Waals surface area contributed by atoms with Gasteiger partial charge >= 0.3 is 17.9 Å². The lowest BCUT2D eigenvalue weighted by atomic mass is 10.0. The number of allylic oxidation sites excluding steroid dienone is 12. The Morgan fingerprint density at radius 3 is 0.829 bits per heavy atom. The van der Waals surface area contributed by atoms with E-state index in [0.717, 1.165) is 89.9 Å². The molecule has 0 aliphatic heterocycles. The largest absolute Gasteiger partial charge is 0.462 e. The summed E-state index contributed by atoms with van der Waals surface area (Å²) >= 11 is 0. The Hall–Kier alpha value is -3.15. The summed E-state index contributed by atoms with van der Waals surface area (Å²) in [5.74, 6) is -0.984. The molecular formula is C76H136O6. The lowest BCUT2D eigenvalue weighted by Gasteiger charge is -2.18. The Morgan fingerprint density at radius 2 is 0.500 bits per heavy atom. The van der Waals surface area contributed by atoms with Crippen molar-refractivity contribution in [3.05, 3.63) is 72.9 Å². The van der Waals surface area contributed by atoms with Crippen molar-refractivity contribution >= 4 is 17.9 Å². The van der Waals surface area contributed by atoms with Crippen molar-refractivity contribution in [3.63, 3.8) is 0 Å². The highest BCUT2D eigenvalue weighted by Gasteiger charge is 2.19. The van der Waals surface area contributed by atoms with Crippen LogP contribution in [0.25, 0.3) is 0 Å². The van der Waals surface area contributed by atoms with Crippen LogP contribution in [0, 0.1) is 0 Å². The third kappa shape index (κ3) is 67.6. The van der Waals surface area contributed by atoms with Crippen LogP contribution in [-0.2, 0) is 28.6 Å². The number of unbranched alkanes of at least 4 members (excludes halogenated alkanes) is 43. The van der Waals surface area contributed by atoms with E-state index in [1.54, 1.807) is 0 Å². The van der Waals surface area contributed by atoms with E-state index in [2.05, 4.69) is 87.6 Å². The van der Waals surface area contributed by atoms with Crippen LogP contribution < -0.4 is 0 Å². The summed E-state index contributed by atoms with van der Waals surface area (Å²) in [6.45, 7) is 6.48. The molecule has 0 fully saturated rings. The number of esters is 3. The Morgan fingerprint density at radius 1 is 0.256 bits per heavy atom. The van der Waals surface area contributed by atoms with E-state index in [-0.39, 0.29) is 37.5 Å². The zero-order valence-electron chi connectivity index (χ0n) is 54.8. The summed E-state index contributed by atoms with van der Waals surface area (Å²) < 4.78 is 16.9. The Labute approximate surface area is 510 Å². The molecule has 0 rings (SSSR count). The molecule has 82 heavy (non-hydrogen) atoms. The van der Waals surface area contributed by atoms with E-state index >= 15 is 0 Å². The van der Waals surface area contributed by atoms with Gasteiger partial charge in [0.1, 0.15) is 13.2 Å². The second-order valence-corrected chi connectivity index (χ2v) is 24.1. The van der Waals surface area contributed by atoms with Crippen molar-refractivity contribution in [2.75, 3.05) is 13.2 Å². The zero-order chi connectivity index (χ0) is 59.2. The maximum atomic E-state index is 12.9. The number of rotatable bonds is 66. The van der Waals surface area contributed by atoms with E-state index in [0.29, 0.717) is 19.3 Å². The average molecular weight is 1150 g/mol. The van der Waals surface area contributed by atoms with Gasteiger partial charge in [-0.15, -0.1) is 0 Å². The van der Waals surface area contributed by atoms with Gasteiger partial charge in [0.15, 0.2) is 6.10 Å². The molecule has 0 aliphatic carbocycles. The van der Waals surface area contributed by atoms with Crippen molar-refractivity contribution in [1.82, 2.24) is 0 Å². The van der Waals surface area contributed by atoms with Crippen molar-refractivity contribution in [1.29, 1.82) is 0 Å². The van der Waals surface area contributed by atoms with Gasteiger partial charge in [0, 0.05) is 19.3 Å². The Bertz CT molecular complexity index is 1500. The molecule has 0 saturated carbocycles. The van der Waals surface area contributed by atoms with Gasteiger partial charge in [0.05, 0.1) is 0 Å². The minimum atomic E-state index is -0.812. The van der Waals surface area contributed by atoms with E-state index in [1.165, 1.54) is 238 Å². The molecule has 0 spiro atoms. The second-order valence-electron chi connectivity index (χ2n) is 24.1. The van der Waals surface area contributed by atoms with Crippen LogP contribution in [0.15, 0.2) is 72.9 Å². The Kier molecular flexibility index (Phi) is 67.6. The van der Waals surface area contributed by atoms with Crippen molar-refractivity contribution in [3.8, 4) is 0 Å². The predicted octanol–water partition coefficient (Wildman–Crippen LogP) is 24.8. The predicted molar refractivity (Wildman–Crippen MR) is 358 cm³/mol. The summed E-state index contributed by atoms with van der Waals surface area (Å²) in [6.07, 6.45) is 92.7. The van der Waals surface area contributed by atoms with Gasteiger partial charge in [-0.3, -0.25) is 14.4 Å². The van der Waals surface area contributed by atoms with Gasteiger partial charge in [0.25, 0.3) is 0 Å². The molecule has 6 heteroatoms. The molecule has 476 valence electrons. The van der Waals surface area contributed by atoms with Crippen LogP contribution in [0.2, 0.25) is 0 Å². The third-order valence-corrected chi connectivity index (χ3v) is 16.0. The van der Waals surface area contributed by atoms with E-state index < -0.39 is 6.10 Å². The molecule has 1 atom stereocenters. The standard InChI is InChI=1S/C76H136O6/c1-4-7-10-13-16-19-22-25-27-29-30-31-32-33-34-35-36-37-38-39-40-41-42-43-44-45-46-47-49-51-54-57-60-63-66-69-75(78)81-72-73(71-80-74(77)68-65-62-59-56-53-50-24-21-18-15-12-9-6-3)82-76(79)70-67-64-61-58-55-52-48-28-26-23-20-17-14-11-8-5-2/h9,12,18,20-21,23,28,48,50,53,59,62,73H,4-8,10-11,13-17,19,22,24-27,29-47,49,51-52,54-58,60-61,63-72H2,1-3H3/b12-9-,21-18-,23-20-,48-28-,53-50-,62-59-.